The van der Waals surface area contributed by atoms with Crippen LogP contribution >= 0.6 is 35.0 Å². The highest BCUT2D eigenvalue weighted by Crippen LogP contribution is 2.39. The van der Waals surface area contributed by atoms with Gasteiger partial charge in [-0.1, -0.05) is 66.2 Å². The van der Waals surface area contributed by atoms with Crippen molar-refractivity contribution in [2.45, 2.75) is 29.7 Å². The first-order valence-corrected chi connectivity index (χ1v) is 8.20. The number of nitrogens with one attached hydrogen (secondary N) is 1. The van der Waals surface area contributed by atoms with E-state index in [1.165, 1.54) is 5.56 Å². The van der Waals surface area contributed by atoms with Gasteiger partial charge in [0.15, 0.2) is 0 Å². The molecule has 0 aromatic heterocycles. The normalized spacial score (nSPS) is 10.8. The van der Waals surface area contributed by atoms with E-state index in [-0.39, 0.29) is 0 Å². The van der Waals surface area contributed by atoms with E-state index in [0.717, 1.165) is 39.3 Å². The van der Waals surface area contributed by atoms with Gasteiger partial charge in [0.1, 0.15) is 0 Å². The highest BCUT2D eigenvalue weighted by Gasteiger charge is 2.10. The molecule has 20 heavy (non-hydrogen) atoms. The number of halogens is 2. The maximum atomic E-state index is 6.35. The van der Waals surface area contributed by atoms with E-state index < -0.39 is 0 Å². The molecule has 2 aromatic carbocycles. The summed E-state index contributed by atoms with van der Waals surface area (Å²) in [6, 6.07) is 13.8. The fourth-order valence-corrected chi connectivity index (χ4v) is 3.37. The lowest BCUT2D eigenvalue weighted by Crippen LogP contribution is -2.14. The Balaban J connectivity index is 2.23. The number of hydrogen-bond donors (Lipinski definition) is 1. The molecule has 0 aliphatic carbocycles. The van der Waals surface area contributed by atoms with Gasteiger partial charge in [0.2, 0.25) is 0 Å². The van der Waals surface area contributed by atoms with Crippen molar-refractivity contribution in [1.29, 1.82) is 0 Å². The number of benzene rings is 2. The molecule has 0 atom stereocenters. The van der Waals surface area contributed by atoms with Crippen LogP contribution < -0.4 is 5.32 Å². The van der Waals surface area contributed by atoms with Crippen LogP contribution in [-0.4, -0.2) is 6.54 Å². The molecule has 0 aliphatic rings. The molecule has 106 valence electrons. The molecular weight excluding hydrogens is 309 g/mol. The summed E-state index contributed by atoms with van der Waals surface area (Å²) in [5, 5.41) is 4.94. The molecule has 0 amide bonds. The Morgan fingerprint density at radius 3 is 2.50 bits per heavy atom. The largest absolute Gasteiger partial charge is 0.313 e. The van der Waals surface area contributed by atoms with Gasteiger partial charge in [0.25, 0.3) is 0 Å². The quantitative estimate of drug-likeness (QED) is 0.689. The molecule has 2 aromatic rings. The maximum Gasteiger partial charge on any atom is 0.0548 e. The highest BCUT2D eigenvalue weighted by atomic mass is 35.5. The smallest absolute Gasteiger partial charge is 0.0548 e. The Morgan fingerprint density at radius 1 is 1.00 bits per heavy atom. The third-order valence-electron chi connectivity index (χ3n) is 2.84. The zero-order valence-electron chi connectivity index (χ0n) is 11.3. The van der Waals surface area contributed by atoms with Gasteiger partial charge in [-0.15, -0.1) is 0 Å². The van der Waals surface area contributed by atoms with Gasteiger partial charge in [-0.05, 0) is 36.7 Å². The summed E-state index contributed by atoms with van der Waals surface area (Å²) in [6.45, 7) is 3.98. The zero-order chi connectivity index (χ0) is 14.4. The van der Waals surface area contributed by atoms with Gasteiger partial charge < -0.3 is 5.32 Å². The average molecular weight is 326 g/mol. The van der Waals surface area contributed by atoms with Gasteiger partial charge in [0, 0.05) is 16.3 Å². The maximum absolute atomic E-state index is 6.35. The van der Waals surface area contributed by atoms with E-state index in [9.17, 15) is 0 Å². The second-order valence-corrected chi connectivity index (χ2v) is 6.30. The monoisotopic (exact) mass is 325 g/mol. The molecule has 1 N–H and O–H groups in total. The summed E-state index contributed by atoms with van der Waals surface area (Å²) in [4.78, 5) is 2.10. The lowest BCUT2D eigenvalue weighted by molar-refractivity contribution is 0.669. The third-order valence-corrected chi connectivity index (χ3v) is 4.97. The van der Waals surface area contributed by atoms with Crippen LogP contribution in [0.2, 0.25) is 10.0 Å². The Hall–Kier alpha value is -0.670. The summed E-state index contributed by atoms with van der Waals surface area (Å²) >= 11 is 14.2. The van der Waals surface area contributed by atoms with Crippen LogP contribution in [0.15, 0.2) is 52.3 Å². The van der Waals surface area contributed by atoms with Crippen molar-refractivity contribution in [3.8, 4) is 0 Å². The van der Waals surface area contributed by atoms with Crippen molar-refractivity contribution in [3.63, 3.8) is 0 Å². The van der Waals surface area contributed by atoms with Crippen LogP contribution in [0.4, 0.5) is 0 Å². The van der Waals surface area contributed by atoms with E-state index in [1.807, 2.05) is 36.4 Å². The molecule has 0 saturated carbocycles. The first-order chi connectivity index (χ1) is 9.72. The SMILES string of the molecule is CCCNCc1cccc(Cl)c1Sc1ccccc1Cl. The van der Waals surface area contributed by atoms with E-state index in [2.05, 4.69) is 18.3 Å². The molecule has 0 bridgehead atoms. The van der Waals surface area contributed by atoms with Crippen LogP contribution in [0.5, 0.6) is 0 Å². The lowest BCUT2D eigenvalue weighted by atomic mass is 10.2. The van der Waals surface area contributed by atoms with Gasteiger partial charge in [-0.25, -0.2) is 0 Å². The molecular formula is C16H17Cl2NS. The van der Waals surface area contributed by atoms with Crippen LogP contribution in [0.3, 0.4) is 0 Å². The lowest BCUT2D eigenvalue weighted by Gasteiger charge is -2.12. The van der Waals surface area contributed by atoms with E-state index in [0.29, 0.717) is 0 Å². The molecule has 0 unspecified atom stereocenters. The minimum absolute atomic E-state index is 0.755. The Kier molecular flexibility index (Phi) is 6.24. The van der Waals surface area contributed by atoms with Crippen molar-refractivity contribution in [3.05, 3.63) is 58.1 Å². The summed E-state index contributed by atoms with van der Waals surface area (Å²) in [5.41, 5.74) is 1.20. The second-order valence-electron chi connectivity index (χ2n) is 4.44. The van der Waals surface area contributed by atoms with E-state index in [4.69, 9.17) is 23.2 Å². The predicted molar refractivity (Wildman–Crippen MR) is 89.0 cm³/mol. The zero-order valence-corrected chi connectivity index (χ0v) is 13.7. The van der Waals surface area contributed by atoms with Crippen molar-refractivity contribution >= 4 is 35.0 Å². The first-order valence-electron chi connectivity index (χ1n) is 6.63. The van der Waals surface area contributed by atoms with Crippen LogP contribution in [-0.2, 0) is 6.54 Å². The molecule has 0 spiro atoms. The molecule has 0 aliphatic heterocycles. The Morgan fingerprint density at radius 2 is 1.75 bits per heavy atom. The Labute approximate surface area is 134 Å². The average Bonchev–Trinajstić information content (AvgIpc) is 2.44. The summed E-state index contributed by atoms with van der Waals surface area (Å²) in [5.74, 6) is 0. The van der Waals surface area contributed by atoms with Gasteiger partial charge in [-0.2, -0.15) is 0 Å². The summed E-state index contributed by atoms with van der Waals surface area (Å²) < 4.78 is 0. The van der Waals surface area contributed by atoms with E-state index in [1.54, 1.807) is 11.8 Å². The number of rotatable bonds is 6. The first kappa shape index (κ1) is 15.7. The standard InChI is InChI=1S/C16H17Cl2NS/c1-2-10-19-11-12-6-5-8-14(18)16(12)20-15-9-4-3-7-13(15)17/h3-9,19H,2,10-11H2,1H3. The third kappa shape index (κ3) is 4.16. The van der Waals surface area contributed by atoms with Gasteiger partial charge in [0.05, 0.1) is 10.0 Å². The highest BCUT2D eigenvalue weighted by molar-refractivity contribution is 7.99. The topological polar surface area (TPSA) is 12.0 Å². The van der Waals surface area contributed by atoms with Crippen LogP contribution in [0.25, 0.3) is 0 Å². The minimum atomic E-state index is 0.755. The fraction of sp³-hybridized carbons (Fsp3) is 0.250. The van der Waals surface area contributed by atoms with Crippen LogP contribution in [0, 0.1) is 0 Å². The van der Waals surface area contributed by atoms with Gasteiger partial charge >= 0.3 is 0 Å². The number of hydrogen-bond acceptors (Lipinski definition) is 2. The molecule has 0 saturated heterocycles. The predicted octanol–water partition coefficient (Wildman–Crippen LogP) is 5.64. The fourth-order valence-electron chi connectivity index (χ4n) is 1.84. The van der Waals surface area contributed by atoms with E-state index >= 15 is 0 Å². The van der Waals surface area contributed by atoms with Crippen LogP contribution in [0.1, 0.15) is 18.9 Å². The summed E-state index contributed by atoms with van der Waals surface area (Å²) in [6.07, 6.45) is 1.12. The summed E-state index contributed by atoms with van der Waals surface area (Å²) in [7, 11) is 0. The van der Waals surface area contributed by atoms with Crippen molar-refractivity contribution in [2.75, 3.05) is 6.54 Å². The van der Waals surface area contributed by atoms with Crippen molar-refractivity contribution in [2.24, 2.45) is 0 Å². The Bertz CT molecular complexity index is 572. The molecule has 0 heterocycles. The molecule has 0 radical (unpaired) electrons. The van der Waals surface area contributed by atoms with Crippen molar-refractivity contribution in [1.82, 2.24) is 5.32 Å². The second kappa shape index (κ2) is 7.94. The van der Waals surface area contributed by atoms with Crippen molar-refractivity contribution < 1.29 is 0 Å². The molecule has 4 heteroatoms. The molecule has 2 rings (SSSR count). The molecule has 1 nitrogen and oxygen atoms in total. The minimum Gasteiger partial charge on any atom is -0.313 e. The molecule has 0 fully saturated rings. The van der Waals surface area contributed by atoms with Gasteiger partial charge in [-0.3, -0.25) is 0 Å².